The lowest BCUT2D eigenvalue weighted by Gasteiger charge is -2.35. The molecule has 2 aliphatic rings. The summed E-state index contributed by atoms with van der Waals surface area (Å²) in [5.41, 5.74) is 0.323. The zero-order chi connectivity index (χ0) is 18.5. The van der Waals surface area contributed by atoms with E-state index in [-0.39, 0.29) is 5.91 Å². The SMILES string of the molecule is CNC(=O)c1ccc(N2CCC(CC(=O)N3CCN(C)CC3)CC2)nn1. The summed E-state index contributed by atoms with van der Waals surface area (Å²) >= 11 is 0. The Hall–Kier alpha value is -2.22. The highest BCUT2D eigenvalue weighted by molar-refractivity contribution is 5.91. The summed E-state index contributed by atoms with van der Waals surface area (Å²) < 4.78 is 0. The number of anilines is 1. The van der Waals surface area contributed by atoms with E-state index in [1.54, 1.807) is 13.1 Å². The normalized spacial score (nSPS) is 19.5. The number of nitrogens with one attached hydrogen (secondary N) is 1. The Morgan fingerprint density at radius 2 is 1.77 bits per heavy atom. The third kappa shape index (κ3) is 4.49. The van der Waals surface area contributed by atoms with Crippen molar-refractivity contribution < 1.29 is 9.59 Å². The van der Waals surface area contributed by atoms with E-state index in [4.69, 9.17) is 0 Å². The molecule has 2 saturated heterocycles. The second kappa shape index (κ2) is 8.44. The fourth-order valence-electron chi connectivity index (χ4n) is 3.54. The number of piperazine rings is 1. The number of hydrogen-bond donors (Lipinski definition) is 1. The molecule has 8 heteroatoms. The Morgan fingerprint density at radius 1 is 1.08 bits per heavy atom. The molecule has 3 rings (SSSR count). The summed E-state index contributed by atoms with van der Waals surface area (Å²) in [6.07, 6.45) is 2.62. The zero-order valence-electron chi connectivity index (χ0n) is 15.6. The minimum Gasteiger partial charge on any atom is -0.355 e. The Morgan fingerprint density at radius 3 is 2.35 bits per heavy atom. The molecule has 26 heavy (non-hydrogen) atoms. The maximum atomic E-state index is 12.5. The molecule has 0 atom stereocenters. The van der Waals surface area contributed by atoms with Crippen molar-refractivity contribution in [2.24, 2.45) is 5.92 Å². The molecule has 2 amide bonds. The van der Waals surface area contributed by atoms with Gasteiger partial charge in [-0.1, -0.05) is 0 Å². The van der Waals surface area contributed by atoms with E-state index in [0.29, 0.717) is 23.9 Å². The van der Waals surface area contributed by atoms with Crippen LogP contribution in [0, 0.1) is 5.92 Å². The molecular formula is C18H28N6O2. The Balaban J connectivity index is 1.46. The van der Waals surface area contributed by atoms with Gasteiger partial charge in [0.25, 0.3) is 5.91 Å². The van der Waals surface area contributed by atoms with Gasteiger partial charge in [-0.15, -0.1) is 10.2 Å². The summed E-state index contributed by atoms with van der Waals surface area (Å²) in [5, 5.41) is 10.7. The lowest BCUT2D eigenvalue weighted by atomic mass is 9.93. The maximum absolute atomic E-state index is 12.5. The predicted molar refractivity (Wildman–Crippen MR) is 99.1 cm³/mol. The molecule has 0 spiro atoms. The monoisotopic (exact) mass is 360 g/mol. The van der Waals surface area contributed by atoms with Crippen molar-refractivity contribution >= 4 is 17.6 Å². The fourth-order valence-corrected chi connectivity index (χ4v) is 3.54. The van der Waals surface area contributed by atoms with Gasteiger partial charge in [-0.25, -0.2) is 0 Å². The molecule has 2 aliphatic heterocycles. The fraction of sp³-hybridized carbons (Fsp3) is 0.667. The van der Waals surface area contributed by atoms with E-state index in [0.717, 1.165) is 57.9 Å². The highest BCUT2D eigenvalue weighted by Gasteiger charge is 2.26. The number of aromatic nitrogens is 2. The molecule has 0 unspecified atom stereocenters. The van der Waals surface area contributed by atoms with Crippen LogP contribution >= 0.6 is 0 Å². The average molecular weight is 360 g/mol. The van der Waals surface area contributed by atoms with E-state index in [1.807, 2.05) is 11.0 Å². The number of likely N-dealkylation sites (N-methyl/N-ethyl adjacent to an activating group) is 1. The first-order valence-corrected chi connectivity index (χ1v) is 9.34. The second-order valence-electron chi connectivity index (χ2n) is 7.17. The van der Waals surface area contributed by atoms with Crippen LogP contribution in [-0.4, -0.2) is 85.2 Å². The number of amides is 2. The highest BCUT2D eigenvalue weighted by Crippen LogP contribution is 2.24. The van der Waals surface area contributed by atoms with E-state index >= 15 is 0 Å². The number of nitrogens with zero attached hydrogens (tertiary/aromatic N) is 5. The second-order valence-corrected chi connectivity index (χ2v) is 7.17. The van der Waals surface area contributed by atoms with E-state index < -0.39 is 0 Å². The highest BCUT2D eigenvalue weighted by atomic mass is 16.2. The summed E-state index contributed by atoms with van der Waals surface area (Å²) in [6, 6.07) is 3.54. The number of rotatable bonds is 4. The quantitative estimate of drug-likeness (QED) is 0.827. The summed E-state index contributed by atoms with van der Waals surface area (Å²) in [7, 11) is 3.67. The van der Waals surface area contributed by atoms with Crippen molar-refractivity contribution in [1.82, 2.24) is 25.3 Å². The summed E-state index contributed by atoms with van der Waals surface area (Å²) in [5.74, 6) is 1.30. The van der Waals surface area contributed by atoms with Crippen LogP contribution < -0.4 is 10.2 Å². The molecule has 3 heterocycles. The van der Waals surface area contributed by atoms with Crippen LogP contribution in [0.2, 0.25) is 0 Å². The van der Waals surface area contributed by atoms with Crippen molar-refractivity contribution in [3.8, 4) is 0 Å². The Bertz CT molecular complexity index is 619. The summed E-state index contributed by atoms with van der Waals surface area (Å²) in [4.78, 5) is 30.5. The predicted octanol–water partition coefficient (Wildman–Crippen LogP) is 0.217. The molecule has 0 aromatic carbocycles. The van der Waals surface area contributed by atoms with Gasteiger partial charge in [-0.3, -0.25) is 9.59 Å². The average Bonchev–Trinajstić information content (AvgIpc) is 2.68. The van der Waals surface area contributed by atoms with Crippen molar-refractivity contribution in [1.29, 1.82) is 0 Å². The molecule has 0 aliphatic carbocycles. The van der Waals surface area contributed by atoms with Crippen LogP contribution in [0.5, 0.6) is 0 Å². The number of piperidine rings is 1. The smallest absolute Gasteiger partial charge is 0.271 e. The largest absolute Gasteiger partial charge is 0.355 e. The minimum absolute atomic E-state index is 0.231. The molecule has 142 valence electrons. The van der Waals surface area contributed by atoms with Gasteiger partial charge in [-0.05, 0) is 37.9 Å². The molecule has 0 radical (unpaired) electrons. The first-order chi connectivity index (χ1) is 12.6. The molecule has 1 aromatic heterocycles. The third-order valence-electron chi connectivity index (χ3n) is 5.37. The third-order valence-corrected chi connectivity index (χ3v) is 5.37. The molecule has 2 fully saturated rings. The van der Waals surface area contributed by atoms with Crippen LogP contribution in [0.1, 0.15) is 29.8 Å². The van der Waals surface area contributed by atoms with Gasteiger partial charge in [0.2, 0.25) is 5.91 Å². The van der Waals surface area contributed by atoms with Gasteiger partial charge >= 0.3 is 0 Å². The maximum Gasteiger partial charge on any atom is 0.271 e. The first-order valence-electron chi connectivity index (χ1n) is 9.34. The van der Waals surface area contributed by atoms with Gasteiger partial charge in [0.05, 0.1) is 0 Å². The van der Waals surface area contributed by atoms with E-state index in [2.05, 4.69) is 32.4 Å². The van der Waals surface area contributed by atoms with Gasteiger partial charge in [-0.2, -0.15) is 0 Å². The lowest BCUT2D eigenvalue weighted by molar-refractivity contribution is -0.133. The molecule has 1 N–H and O–H groups in total. The van der Waals surface area contributed by atoms with Crippen molar-refractivity contribution in [2.75, 3.05) is 58.3 Å². The number of hydrogen-bond acceptors (Lipinski definition) is 6. The molecule has 0 saturated carbocycles. The number of carbonyl (C=O) groups is 2. The van der Waals surface area contributed by atoms with E-state index in [1.165, 1.54) is 0 Å². The van der Waals surface area contributed by atoms with Crippen LogP contribution in [0.3, 0.4) is 0 Å². The van der Waals surface area contributed by atoms with Gasteiger partial charge in [0, 0.05) is 52.7 Å². The van der Waals surface area contributed by atoms with Crippen LogP contribution in [0.4, 0.5) is 5.82 Å². The van der Waals surface area contributed by atoms with Crippen molar-refractivity contribution in [3.63, 3.8) is 0 Å². The van der Waals surface area contributed by atoms with Gasteiger partial charge < -0.3 is 20.0 Å². The van der Waals surface area contributed by atoms with Crippen molar-refractivity contribution in [2.45, 2.75) is 19.3 Å². The standard InChI is InChI=1S/C18H28N6O2/c1-19-18(26)15-3-4-16(21-20-15)23-7-5-14(6-8-23)13-17(25)24-11-9-22(2)10-12-24/h3-4,14H,5-13H2,1-2H3,(H,19,26). The topological polar surface area (TPSA) is 81.7 Å². The van der Waals surface area contributed by atoms with Gasteiger partial charge in [0.1, 0.15) is 0 Å². The zero-order valence-corrected chi connectivity index (χ0v) is 15.6. The number of carbonyl (C=O) groups excluding carboxylic acids is 2. The molecule has 1 aromatic rings. The lowest BCUT2D eigenvalue weighted by Crippen LogP contribution is -2.47. The first kappa shape index (κ1) is 18.6. The van der Waals surface area contributed by atoms with Gasteiger partial charge in [0.15, 0.2) is 11.5 Å². The Kier molecular flexibility index (Phi) is 6.03. The van der Waals surface area contributed by atoms with E-state index in [9.17, 15) is 9.59 Å². The van der Waals surface area contributed by atoms with Crippen LogP contribution in [0.15, 0.2) is 12.1 Å². The molecule has 8 nitrogen and oxygen atoms in total. The molecular weight excluding hydrogens is 332 g/mol. The Labute approximate surface area is 154 Å². The van der Waals surface area contributed by atoms with Crippen molar-refractivity contribution in [3.05, 3.63) is 17.8 Å². The van der Waals surface area contributed by atoms with Crippen LogP contribution in [0.25, 0.3) is 0 Å². The molecule has 0 bridgehead atoms. The minimum atomic E-state index is -0.231. The summed E-state index contributed by atoms with van der Waals surface area (Å²) in [6.45, 7) is 5.37. The van der Waals surface area contributed by atoms with Crippen LogP contribution in [-0.2, 0) is 4.79 Å².